The summed E-state index contributed by atoms with van der Waals surface area (Å²) in [6.07, 6.45) is 0. The fraction of sp³-hybridized carbons (Fsp3) is 0.0526. The van der Waals surface area contributed by atoms with Crippen molar-refractivity contribution in [1.29, 1.82) is 0 Å². The van der Waals surface area contributed by atoms with Crippen molar-refractivity contribution in [2.45, 2.75) is 6.92 Å². The van der Waals surface area contributed by atoms with Crippen molar-refractivity contribution in [3.8, 4) is 17.2 Å². The predicted molar refractivity (Wildman–Crippen MR) is 92.9 cm³/mol. The second-order valence-corrected chi connectivity index (χ2v) is 5.93. The van der Waals surface area contributed by atoms with Gasteiger partial charge in [-0.3, -0.25) is 0 Å². The van der Waals surface area contributed by atoms with Crippen LogP contribution >= 0.6 is 8.60 Å². The van der Waals surface area contributed by atoms with E-state index in [0.29, 0.717) is 17.2 Å². The van der Waals surface area contributed by atoms with Crippen molar-refractivity contribution in [2.75, 3.05) is 0 Å². The Balaban J connectivity index is 1.76. The number of rotatable bonds is 6. The number of hydrogen-bond acceptors (Lipinski definition) is 3. The maximum atomic E-state index is 5.90. The first kappa shape index (κ1) is 15.4. The van der Waals surface area contributed by atoms with Crippen LogP contribution in [-0.2, 0) is 0 Å². The molecule has 0 saturated carbocycles. The number of benzene rings is 3. The fourth-order valence-electron chi connectivity index (χ4n) is 1.88. The molecule has 0 aromatic heterocycles. The summed E-state index contributed by atoms with van der Waals surface area (Å²) in [5.74, 6) is 2.14. The topological polar surface area (TPSA) is 27.7 Å². The molecule has 0 aliphatic heterocycles. The van der Waals surface area contributed by atoms with E-state index in [2.05, 4.69) is 0 Å². The van der Waals surface area contributed by atoms with Crippen LogP contribution in [0.3, 0.4) is 0 Å². The second kappa shape index (κ2) is 7.66. The van der Waals surface area contributed by atoms with Crippen LogP contribution in [0.25, 0.3) is 0 Å². The highest BCUT2D eigenvalue weighted by molar-refractivity contribution is 7.43. The number of para-hydroxylation sites is 2. The molecule has 0 spiro atoms. The lowest BCUT2D eigenvalue weighted by Crippen LogP contribution is -2.02. The maximum absolute atomic E-state index is 5.90. The van der Waals surface area contributed by atoms with Gasteiger partial charge in [0.05, 0.1) is 0 Å². The van der Waals surface area contributed by atoms with Crippen molar-refractivity contribution < 1.29 is 13.6 Å². The molecular formula is C19H17O3P. The summed E-state index contributed by atoms with van der Waals surface area (Å²) in [4.78, 5) is 0. The molecule has 0 fully saturated rings. The molecular weight excluding hydrogens is 307 g/mol. The van der Waals surface area contributed by atoms with E-state index in [1.54, 1.807) is 0 Å². The quantitative estimate of drug-likeness (QED) is 0.540. The molecule has 3 aromatic rings. The zero-order chi connectivity index (χ0) is 15.9. The Morgan fingerprint density at radius 3 is 1.35 bits per heavy atom. The van der Waals surface area contributed by atoms with E-state index in [0.717, 1.165) is 0 Å². The van der Waals surface area contributed by atoms with E-state index >= 15 is 0 Å². The first-order valence-corrected chi connectivity index (χ1v) is 8.40. The zero-order valence-electron chi connectivity index (χ0n) is 12.8. The first-order valence-electron chi connectivity index (χ1n) is 7.30. The predicted octanol–water partition coefficient (Wildman–Crippen LogP) is 5.76. The molecule has 0 bridgehead atoms. The SMILES string of the molecule is Cc1ccc(OP(Oc2ccccc2)Oc2ccccc2)cc1. The fourth-order valence-corrected chi connectivity index (χ4v) is 2.87. The van der Waals surface area contributed by atoms with Crippen molar-refractivity contribution >= 4 is 8.60 Å². The minimum atomic E-state index is -1.60. The van der Waals surface area contributed by atoms with Gasteiger partial charge in [0.2, 0.25) is 0 Å². The first-order chi connectivity index (χ1) is 11.3. The molecule has 0 amide bonds. The van der Waals surface area contributed by atoms with Crippen molar-refractivity contribution in [2.24, 2.45) is 0 Å². The van der Waals surface area contributed by atoms with E-state index in [1.165, 1.54) is 5.56 Å². The Hall–Kier alpha value is -2.51. The molecule has 3 nitrogen and oxygen atoms in total. The number of hydrogen-bond donors (Lipinski definition) is 0. The zero-order valence-corrected chi connectivity index (χ0v) is 13.6. The van der Waals surface area contributed by atoms with Crippen LogP contribution in [0, 0.1) is 6.92 Å². The van der Waals surface area contributed by atoms with Crippen molar-refractivity contribution in [3.63, 3.8) is 0 Å². The normalized spacial score (nSPS) is 10.3. The maximum Gasteiger partial charge on any atom is 0.530 e. The van der Waals surface area contributed by atoms with Crippen molar-refractivity contribution in [1.82, 2.24) is 0 Å². The average Bonchev–Trinajstić information content (AvgIpc) is 2.59. The molecule has 0 saturated heterocycles. The van der Waals surface area contributed by atoms with Crippen molar-refractivity contribution in [3.05, 3.63) is 90.5 Å². The standard InChI is InChI=1S/C19H17O3P/c1-16-12-14-19(15-13-16)22-23(20-17-8-4-2-5-9-17)21-18-10-6-3-7-11-18/h2-15H,1H3. The summed E-state index contributed by atoms with van der Waals surface area (Å²) >= 11 is 0. The van der Waals surface area contributed by atoms with E-state index in [1.807, 2.05) is 91.9 Å². The third kappa shape index (κ3) is 4.73. The third-order valence-corrected chi connectivity index (χ3v) is 4.13. The van der Waals surface area contributed by atoms with Gasteiger partial charge in [0.25, 0.3) is 0 Å². The average molecular weight is 324 g/mol. The smallest absolute Gasteiger partial charge is 0.409 e. The lowest BCUT2D eigenvalue weighted by Gasteiger charge is -2.17. The Morgan fingerprint density at radius 1 is 0.522 bits per heavy atom. The Morgan fingerprint density at radius 2 is 0.913 bits per heavy atom. The van der Waals surface area contributed by atoms with Crippen LogP contribution in [0.15, 0.2) is 84.9 Å². The highest BCUT2D eigenvalue weighted by Gasteiger charge is 2.19. The van der Waals surface area contributed by atoms with Gasteiger partial charge < -0.3 is 13.6 Å². The highest BCUT2D eigenvalue weighted by atomic mass is 31.2. The van der Waals surface area contributed by atoms with Gasteiger partial charge in [-0.05, 0) is 43.3 Å². The molecule has 23 heavy (non-hydrogen) atoms. The summed E-state index contributed by atoms with van der Waals surface area (Å²) in [6, 6.07) is 26.8. The summed E-state index contributed by atoms with van der Waals surface area (Å²) in [7, 11) is -1.60. The molecule has 0 unspecified atom stereocenters. The van der Waals surface area contributed by atoms with Crippen LogP contribution in [0.1, 0.15) is 5.56 Å². The van der Waals surface area contributed by atoms with Crippen LogP contribution < -0.4 is 13.6 Å². The minimum Gasteiger partial charge on any atom is -0.409 e. The van der Waals surface area contributed by atoms with Gasteiger partial charge >= 0.3 is 8.60 Å². The van der Waals surface area contributed by atoms with Crippen LogP contribution in [0.2, 0.25) is 0 Å². The van der Waals surface area contributed by atoms with Crippen LogP contribution in [0.4, 0.5) is 0 Å². The van der Waals surface area contributed by atoms with Gasteiger partial charge in [0.1, 0.15) is 17.2 Å². The Kier molecular flexibility index (Phi) is 5.13. The van der Waals surface area contributed by atoms with E-state index < -0.39 is 8.60 Å². The largest absolute Gasteiger partial charge is 0.530 e. The monoisotopic (exact) mass is 324 g/mol. The van der Waals surface area contributed by atoms with Gasteiger partial charge in [-0.25, -0.2) is 0 Å². The molecule has 4 heteroatoms. The van der Waals surface area contributed by atoms with Gasteiger partial charge in [-0.15, -0.1) is 0 Å². The molecule has 0 radical (unpaired) electrons. The summed E-state index contributed by atoms with van der Waals surface area (Å²) < 4.78 is 17.6. The Bertz CT molecular complexity index is 673. The summed E-state index contributed by atoms with van der Waals surface area (Å²) in [5.41, 5.74) is 1.18. The van der Waals surface area contributed by atoms with E-state index in [-0.39, 0.29) is 0 Å². The van der Waals surface area contributed by atoms with Gasteiger partial charge in [0, 0.05) is 0 Å². The lowest BCUT2D eigenvalue weighted by molar-refractivity contribution is 0.388. The third-order valence-electron chi connectivity index (χ3n) is 3.05. The summed E-state index contributed by atoms with van der Waals surface area (Å²) in [6.45, 7) is 2.04. The van der Waals surface area contributed by atoms with Gasteiger partial charge in [0.15, 0.2) is 0 Å². The minimum absolute atomic E-state index is 0.710. The second-order valence-electron chi connectivity index (χ2n) is 4.94. The highest BCUT2D eigenvalue weighted by Crippen LogP contribution is 2.42. The molecule has 116 valence electrons. The molecule has 0 atom stereocenters. The van der Waals surface area contributed by atoms with Crippen LogP contribution in [0.5, 0.6) is 17.2 Å². The summed E-state index contributed by atoms with van der Waals surface area (Å²) in [5, 5.41) is 0. The van der Waals surface area contributed by atoms with Crippen LogP contribution in [-0.4, -0.2) is 0 Å². The number of aryl methyl sites for hydroxylation is 1. The molecule has 0 aliphatic carbocycles. The molecule has 0 heterocycles. The van der Waals surface area contributed by atoms with E-state index in [4.69, 9.17) is 13.6 Å². The molecule has 0 N–H and O–H groups in total. The molecule has 3 rings (SSSR count). The lowest BCUT2D eigenvalue weighted by atomic mass is 10.2. The van der Waals surface area contributed by atoms with E-state index in [9.17, 15) is 0 Å². The van der Waals surface area contributed by atoms with Gasteiger partial charge in [-0.1, -0.05) is 54.1 Å². The van der Waals surface area contributed by atoms with Gasteiger partial charge in [-0.2, -0.15) is 0 Å². The molecule has 3 aromatic carbocycles. The molecule has 0 aliphatic rings. The Labute approximate surface area is 137 Å².